The Labute approximate surface area is 178 Å². The molecule has 1 amide bonds. The van der Waals surface area contributed by atoms with Crippen molar-refractivity contribution in [2.24, 2.45) is 5.92 Å². The molecule has 1 fully saturated rings. The Kier molecular flexibility index (Phi) is 6.98. The van der Waals surface area contributed by atoms with E-state index >= 15 is 0 Å². The average Bonchev–Trinajstić information content (AvgIpc) is 2.71. The predicted molar refractivity (Wildman–Crippen MR) is 116 cm³/mol. The van der Waals surface area contributed by atoms with E-state index in [2.05, 4.69) is 0 Å². The van der Waals surface area contributed by atoms with Crippen LogP contribution >= 0.6 is 11.6 Å². The molecule has 1 saturated heterocycles. The van der Waals surface area contributed by atoms with Gasteiger partial charge in [0.25, 0.3) is 0 Å². The van der Waals surface area contributed by atoms with Gasteiger partial charge in [0.05, 0.1) is 5.75 Å². The van der Waals surface area contributed by atoms with Crippen molar-refractivity contribution in [1.82, 2.24) is 9.21 Å². The molecular weight excluding hydrogens is 408 g/mol. The zero-order valence-electron chi connectivity index (χ0n) is 16.8. The van der Waals surface area contributed by atoms with Crippen LogP contribution in [0.5, 0.6) is 0 Å². The number of amides is 1. The summed E-state index contributed by atoms with van der Waals surface area (Å²) in [5.74, 6) is -0.0671. The van der Waals surface area contributed by atoms with E-state index in [0.717, 1.165) is 16.7 Å². The Morgan fingerprint density at radius 1 is 1.10 bits per heavy atom. The lowest BCUT2D eigenvalue weighted by Crippen LogP contribution is -2.43. The van der Waals surface area contributed by atoms with Crippen LogP contribution in [0.15, 0.2) is 48.5 Å². The van der Waals surface area contributed by atoms with Gasteiger partial charge in [0.1, 0.15) is 0 Å². The molecule has 29 heavy (non-hydrogen) atoms. The second-order valence-corrected chi connectivity index (χ2v) is 10.1. The van der Waals surface area contributed by atoms with Crippen molar-refractivity contribution in [3.05, 3.63) is 70.2 Å². The topological polar surface area (TPSA) is 57.7 Å². The SMILES string of the molecule is Cc1ccccc1CS(=O)(=O)N1CCC(C(=O)N(C)Cc2ccc(Cl)cc2)CC1. The average molecular weight is 435 g/mol. The zero-order valence-corrected chi connectivity index (χ0v) is 18.4. The summed E-state index contributed by atoms with van der Waals surface area (Å²) in [5.41, 5.74) is 2.82. The molecule has 1 aliphatic heterocycles. The van der Waals surface area contributed by atoms with Gasteiger partial charge in [0.15, 0.2) is 0 Å². The highest BCUT2D eigenvalue weighted by Gasteiger charge is 2.32. The Bertz CT molecular complexity index is 952. The first-order valence-electron chi connectivity index (χ1n) is 9.78. The molecular formula is C22H27ClN2O3S. The molecule has 1 heterocycles. The van der Waals surface area contributed by atoms with Crippen LogP contribution in [0, 0.1) is 12.8 Å². The molecule has 7 heteroatoms. The van der Waals surface area contributed by atoms with Crippen LogP contribution < -0.4 is 0 Å². The van der Waals surface area contributed by atoms with Crippen molar-refractivity contribution < 1.29 is 13.2 Å². The van der Waals surface area contributed by atoms with Crippen molar-refractivity contribution in [1.29, 1.82) is 0 Å². The van der Waals surface area contributed by atoms with Gasteiger partial charge in [-0.05, 0) is 48.6 Å². The van der Waals surface area contributed by atoms with Gasteiger partial charge in [-0.3, -0.25) is 4.79 Å². The summed E-state index contributed by atoms with van der Waals surface area (Å²) in [7, 11) is -1.60. The third-order valence-corrected chi connectivity index (χ3v) is 7.58. The standard InChI is InChI=1S/C22H27ClN2O3S/c1-17-5-3-4-6-20(17)16-29(27,28)25-13-11-19(12-14-25)22(26)24(2)15-18-7-9-21(23)10-8-18/h3-10,19H,11-16H2,1-2H3. The number of carbonyl (C=O) groups is 1. The van der Waals surface area contributed by atoms with Gasteiger partial charge in [-0.15, -0.1) is 0 Å². The fraction of sp³-hybridized carbons (Fsp3) is 0.409. The summed E-state index contributed by atoms with van der Waals surface area (Å²) in [6, 6.07) is 15.0. The number of nitrogens with zero attached hydrogens (tertiary/aromatic N) is 2. The van der Waals surface area contributed by atoms with Crippen molar-refractivity contribution in [2.45, 2.75) is 32.1 Å². The molecule has 3 rings (SSSR count). The molecule has 0 aliphatic carbocycles. The molecule has 0 bridgehead atoms. The van der Waals surface area contributed by atoms with E-state index < -0.39 is 10.0 Å². The fourth-order valence-electron chi connectivity index (χ4n) is 3.69. The highest BCUT2D eigenvalue weighted by atomic mass is 35.5. The zero-order chi connectivity index (χ0) is 21.0. The maximum atomic E-state index is 12.8. The largest absolute Gasteiger partial charge is 0.341 e. The smallest absolute Gasteiger partial charge is 0.225 e. The summed E-state index contributed by atoms with van der Waals surface area (Å²) in [4.78, 5) is 14.5. The molecule has 0 atom stereocenters. The maximum absolute atomic E-state index is 12.8. The maximum Gasteiger partial charge on any atom is 0.225 e. The number of halogens is 1. The molecule has 156 valence electrons. The van der Waals surface area contributed by atoms with E-state index in [1.165, 1.54) is 4.31 Å². The van der Waals surface area contributed by atoms with Gasteiger partial charge >= 0.3 is 0 Å². The Morgan fingerprint density at radius 2 is 1.72 bits per heavy atom. The minimum absolute atomic E-state index is 0.00869. The van der Waals surface area contributed by atoms with E-state index in [0.29, 0.717) is 37.5 Å². The van der Waals surface area contributed by atoms with Gasteiger partial charge in [0, 0.05) is 37.6 Å². The number of carbonyl (C=O) groups excluding carboxylic acids is 1. The number of rotatable bonds is 6. The molecule has 2 aromatic carbocycles. The third kappa shape index (κ3) is 5.59. The second kappa shape index (κ2) is 9.28. The molecule has 0 saturated carbocycles. The monoisotopic (exact) mass is 434 g/mol. The number of piperidine rings is 1. The molecule has 0 aromatic heterocycles. The lowest BCUT2D eigenvalue weighted by Gasteiger charge is -2.32. The molecule has 0 radical (unpaired) electrons. The summed E-state index contributed by atoms with van der Waals surface area (Å²) in [6.07, 6.45) is 1.10. The Morgan fingerprint density at radius 3 is 2.34 bits per heavy atom. The fourth-order valence-corrected chi connectivity index (χ4v) is 5.49. The van der Waals surface area contributed by atoms with E-state index in [-0.39, 0.29) is 17.6 Å². The highest BCUT2D eigenvalue weighted by molar-refractivity contribution is 7.88. The summed E-state index contributed by atoms with van der Waals surface area (Å²) < 4.78 is 27.1. The Balaban J connectivity index is 1.55. The third-order valence-electron chi connectivity index (χ3n) is 5.50. The summed E-state index contributed by atoms with van der Waals surface area (Å²) in [5, 5.41) is 0.669. The summed E-state index contributed by atoms with van der Waals surface area (Å²) in [6.45, 7) is 3.22. The number of sulfonamides is 1. The van der Waals surface area contributed by atoms with E-state index in [1.54, 1.807) is 11.9 Å². The first-order valence-corrected chi connectivity index (χ1v) is 11.8. The van der Waals surface area contributed by atoms with Crippen LogP contribution in [0.4, 0.5) is 0 Å². The molecule has 0 N–H and O–H groups in total. The van der Waals surface area contributed by atoms with Crippen LogP contribution in [-0.4, -0.2) is 43.7 Å². The van der Waals surface area contributed by atoms with Gasteiger partial charge in [0.2, 0.25) is 15.9 Å². The van der Waals surface area contributed by atoms with Crippen molar-refractivity contribution in [2.75, 3.05) is 20.1 Å². The van der Waals surface area contributed by atoms with Crippen LogP contribution in [0.2, 0.25) is 5.02 Å². The van der Waals surface area contributed by atoms with Crippen LogP contribution in [-0.2, 0) is 27.1 Å². The normalized spacial score (nSPS) is 16.0. The molecule has 0 spiro atoms. The molecule has 5 nitrogen and oxygen atoms in total. The van der Waals surface area contributed by atoms with Gasteiger partial charge in [-0.1, -0.05) is 48.0 Å². The highest BCUT2D eigenvalue weighted by Crippen LogP contribution is 2.24. The van der Waals surface area contributed by atoms with Crippen molar-refractivity contribution in [3.8, 4) is 0 Å². The van der Waals surface area contributed by atoms with Crippen LogP contribution in [0.3, 0.4) is 0 Å². The molecule has 1 aliphatic rings. The van der Waals surface area contributed by atoms with Gasteiger partial charge in [-0.25, -0.2) is 12.7 Å². The minimum atomic E-state index is -3.38. The molecule has 2 aromatic rings. The number of hydrogen-bond acceptors (Lipinski definition) is 3. The first-order chi connectivity index (χ1) is 13.8. The van der Waals surface area contributed by atoms with Crippen molar-refractivity contribution >= 4 is 27.5 Å². The number of aryl methyl sites for hydroxylation is 1. The minimum Gasteiger partial charge on any atom is -0.341 e. The summed E-state index contributed by atoms with van der Waals surface area (Å²) >= 11 is 5.91. The quantitative estimate of drug-likeness (QED) is 0.693. The lowest BCUT2D eigenvalue weighted by atomic mass is 9.96. The number of benzene rings is 2. The first kappa shape index (κ1) is 21.8. The van der Waals surface area contributed by atoms with E-state index in [4.69, 9.17) is 11.6 Å². The van der Waals surface area contributed by atoms with Gasteiger partial charge in [-0.2, -0.15) is 0 Å². The van der Waals surface area contributed by atoms with Crippen molar-refractivity contribution in [3.63, 3.8) is 0 Å². The number of hydrogen-bond donors (Lipinski definition) is 0. The second-order valence-electron chi connectivity index (χ2n) is 7.68. The Hall–Kier alpha value is -1.89. The van der Waals surface area contributed by atoms with Crippen LogP contribution in [0.1, 0.15) is 29.5 Å². The van der Waals surface area contributed by atoms with E-state index in [1.807, 2.05) is 55.5 Å². The van der Waals surface area contributed by atoms with Gasteiger partial charge < -0.3 is 4.90 Å². The predicted octanol–water partition coefficient (Wildman–Crippen LogP) is 3.85. The van der Waals surface area contributed by atoms with Crippen LogP contribution in [0.25, 0.3) is 0 Å². The lowest BCUT2D eigenvalue weighted by molar-refractivity contribution is -0.135. The molecule has 0 unspecified atom stereocenters. The van der Waals surface area contributed by atoms with E-state index in [9.17, 15) is 13.2 Å².